The van der Waals surface area contributed by atoms with Gasteiger partial charge in [0.1, 0.15) is 6.10 Å². The van der Waals surface area contributed by atoms with Gasteiger partial charge in [-0.1, -0.05) is 54.9 Å². The minimum Gasteiger partial charge on any atom is -0.390 e. The molecule has 0 radical (unpaired) electrons. The van der Waals surface area contributed by atoms with Gasteiger partial charge in [-0.05, 0) is 67.7 Å². The topological polar surface area (TPSA) is 85.0 Å². The number of benzene rings is 2. The maximum absolute atomic E-state index is 12.9. The van der Waals surface area contributed by atoms with Crippen molar-refractivity contribution in [1.29, 1.82) is 0 Å². The van der Waals surface area contributed by atoms with E-state index in [0.29, 0.717) is 31.1 Å². The molecule has 1 aliphatic heterocycles. The third-order valence-corrected chi connectivity index (χ3v) is 8.24. The lowest BCUT2D eigenvalue weighted by molar-refractivity contribution is -0.148. The predicted molar refractivity (Wildman–Crippen MR) is 148 cm³/mol. The normalized spacial score (nSPS) is 23.7. The Morgan fingerprint density at radius 3 is 2.78 bits per heavy atom. The van der Waals surface area contributed by atoms with Crippen LogP contribution in [-0.4, -0.2) is 61.0 Å². The zero-order chi connectivity index (χ0) is 26.4. The molecular weight excluding hydrogens is 488 g/mol. The molecule has 2 aromatic carbocycles. The summed E-state index contributed by atoms with van der Waals surface area (Å²) in [5.74, 6) is 0.173. The van der Waals surface area contributed by atoms with E-state index in [-0.39, 0.29) is 30.1 Å². The van der Waals surface area contributed by atoms with E-state index in [1.807, 2.05) is 17.0 Å². The molecule has 6 nitrogen and oxygen atoms in total. The maximum atomic E-state index is 12.9. The average Bonchev–Trinajstić information content (AvgIpc) is 3.36. The molecule has 2 aromatic rings. The number of ether oxygens (including phenoxy) is 2. The first-order valence-electron chi connectivity index (χ1n) is 13.7. The van der Waals surface area contributed by atoms with Crippen LogP contribution in [0.2, 0.25) is 5.02 Å². The molecule has 5 atom stereocenters. The number of nitrogens with two attached hydrogens (primary N) is 1. The average molecular weight is 529 g/mol. The number of aliphatic hydroxyl groups is 1. The summed E-state index contributed by atoms with van der Waals surface area (Å²) in [6.07, 6.45) is 4.39. The number of amides is 1. The van der Waals surface area contributed by atoms with Crippen LogP contribution in [0.3, 0.4) is 0 Å². The van der Waals surface area contributed by atoms with Crippen LogP contribution >= 0.6 is 11.6 Å². The standard InChI is InChI=1S/C30H41ClN2O4/c1-3-20-7-4-8-21(17-20)29-24(9-5-10-25(29)31)27(36-2)12-6-11-26(34)28-19-33(15-16-37-28)30(35)22-13-14-23(32)18-22/h4-5,7-10,17,22-23,26-28,34H,3,6,11-16,18-19,32H2,1-2H3. The second-order valence-electron chi connectivity index (χ2n) is 10.4. The Morgan fingerprint density at radius 1 is 1.24 bits per heavy atom. The van der Waals surface area contributed by atoms with Crippen molar-refractivity contribution < 1.29 is 19.4 Å². The van der Waals surface area contributed by atoms with Crippen LogP contribution < -0.4 is 5.73 Å². The van der Waals surface area contributed by atoms with E-state index in [9.17, 15) is 9.90 Å². The van der Waals surface area contributed by atoms with Crippen molar-refractivity contribution in [2.24, 2.45) is 11.7 Å². The molecule has 3 N–H and O–H groups in total. The number of methoxy groups -OCH3 is 1. The zero-order valence-corrected chi connectivity index (χ0v) is 22.8. The summed E-state index contributed by atoms with van der Waals surface area (Å²) < 4.78 is 11.8. The van der Waals surface area contributed by atoms with Gasteiger partial charge in [-0.25, -0.2) is 0 Å². The van der Waals surface area contributed by atoms with Gasteiger partial charge in [0.2, 0.25) is 5.91 Å². The van der Waals surface area contributed by atoms with E-state index in [1.54, 1.807) is 7.11 Å². The Morgan fingerprint density at radius 2 is 2.05 bits per heavy atom. The van der Waals surface area contributed by atoms with Crippen molar-refractivity contribution >= 4 is 17.5 Å². The lowest BCUT2D eigenvalue weighted by Gasteiger charge is -2.36. The molecule has 1 heterocycles. The Labute approximate surface area is 226 Å². The monoisotopic (exact) mass is 528 g/mol. The number of halogens is 1. The molecule has 0 spiro atoms. The molecule has 1 saturated carbocycles. The second kappa shape index (κ2) is 13.2. The quantitative estimate of drug-likeness (QED) is 0.446. The van der Waals surface area contributed by atoms with Crippen molar-refractivity contribution in [3.05, 3.63) is 58.6 Å². The second-order valence-corrected chi connectivity index (χ2v) is 10.9. The zero-order valence-electron chi connectivity index (χ0n) is 22.1. The number of nitrogens with zero attached hydrogens (tertiary/aromatic N) is 1. The minimum atomic E-state index is -0.640. The van der Waals surface area contributed by atoms with Gasteiger partial charge in [0, 0.05) is 42.7 Å². The number of rotatable bonds is 10. The molecule has 2 aliphatic rings. The fourth-order valence-electron chi connectivity index (χ4n) is 5.77. The summed E-state index contributed by atoms with van der Waals surface area (Å²) in [5, 5.41) is 11.6. The van der Waals surface area contributed by atoms with Crippen LogP contribution in [-0.2, 0) is 20.7 Å². The smallest absolute Gasteiger partial charge is 0.225 e. The van der Waals surface area contributed by atoms with Crippen molar-refractivity contribution in [3.63, 3.8) is 0 Å². The van der Waals surface area contributed by atoms with Crippen molar-refractivity contribution in [2.75, 3.05) is 26.8 Å². The SMILES string of the molecule is CCc1cccc(-c2c(Cl)cccc2C(CCCC(O)C2CN(C(=O)C3CCC(N)C3)CCO2)OC)c1. The summed E-state index contributed by atoms with van der Waals surface area (Å²) in [5.41, 5.74) is 10.4. The molecule has 0 bridgehead atoms. The first kappa shape index (κ1) is 28.1. The van der Waals surface area contributed by atoms with Gasteiger partial charge < -0.3 is 25.2 Å². The Balaban J connectivity index is 1.36. The van der Waals surface area contributed by atoms with Crippen LogP contribution in [0.15, 0.2) is 42.5 Å². The highest BCUT2D eigenvalue weighted by atomic mass is 35.5. The van der Waals surface area contributed by atoms with Crippen molar-refractivity contribution in [3.8, 4) is 11.1 Å². The van der Waals surface area contributed by atoms with Gasteiger partial charge in [0.15, 0.2) is 0 Å². The molecule has 7 heteroatoms. The Bertz CT molecular complexity index is 1050. The number of carbonyl (C=O) groups is 1. The molecular formula is C30H41ClN2O4. The molecule has 1 aliphatic carbocycles. The van der Waals surface area contributed by atoms with Crippen molar-refractivity contribution in [1.82, 2.24) is 4.90 Å². The van der Waals surface area contributed by atoms with Crippen LogP contribution in [0, 0.1) is 5.92 Å². The molecule has 2 fully saturated rings. The van der Waals surface area contributed by atoms with Gasteiger partial charge in [0.25, 0.3) is 0 Å². The van der Waals surface area contributed by atoms with E-state index < -0.39 is 6.10 Å². The largest absolute Gasteiger partial charge is 0.390 e. The molecule has 0 aromatic heterocycles. The number of aryl methyl sites for hydroxylation is 1. The highest BCUT2D eigenvalue weighted by molar-refractivity contribution is 6.33. The summed E-state index contributed by atoms with van der Waals surface area (Å²) >= 11 is 6.69. The van der Waals surface area contributed by atoms with Crippen LogP contribution in [0.1, 0.15) is 62.7 Å². The number of morpholine rings is 1. The molecule has 202 valence electrons. The first-order chi connectivity index (χ1) is 17.9. The third-order valence-electron chi connectivity index (χ3n) is 7.92. The minimum absolute atomic E-state index is 0.0123. The summed E-state index contributed by atoms with van der Waals surface area (Å²) in [7, 11) is 1.72. The van der Waals surface area contributed by atoms with Gasteiger partial charge in [0.05, 0.1) is 18.8 Å². The first-order valence-corrected chi connectivity index (χ1v) is 14.0. The highest BCUT2D eigenvalue weighted by Crippen LogP contribution is 2.38. The number of aliphatic hydroxyl groups excluding tert-OH is 1. The lowest BCUT2D eigenvalue weighted by atomic mass is 9.92. The van der Waals surface area contributed by atoms with Gasteiger partial charge in [-0.2, -0.15) is 0 Å². The lowest BCUT2D eigenvalue weighted by Crippen LogP contribution is -2.51. The van der Waals surface area contributed by atoms with E-state index in [1.165, 1.54) is 5.56 Å². The van der Waals surface area contributed by atoms with Gasteiger partial charge in [-0.15, -0.1) is 0 Å². The molecule has 4 rings (SSSR count). The van der Waals surface area contributed by atoms with Gasteiger partial charge in [-0.3, -0.25) is 4.79 Å². The van der Waals surface area contributed by atoms with E-state index >= 15 is 0 Å². The van der Waals surface area contributed by atoms with Crippen LogP contribution in [0.4, 0.5) is 0 Å². The molecule has 5 unspecified atom stereocenters. The maximum Gasteiger partial charge on any atom is 0.225 e. The highest BCUT2D eigenvalue weighted by Gasteiger charge is 2.35. The predicted octanol–water partition coefficient (Wildman–Crippen LogP) is 5.14. The van der Waals surface area contributed by atoms with E-state index in [2.05, 4.69) is 37.3 Å². The number of hydrogen-bond donors (Lipinski definition) is 2. The molecule has 1 saturated heterocycles. The summed E-state index contributed by atoms with van der Waals surface area (Å²) in [6.45, 7) is 3.61. The Hall–Kier alpha value is -1.96. The van der Waals surface area contributed by atoms with Crippen LogP contribution in [0.25, 0.3) is 11.1 Å². The molecule has 1 amide bonds. The summed E-state index contributed by atoms with van der Waals surface area (Å²) in [6, 6.07) is 14.6. The number of hydrogen-bond acceptors (Lipinski definition) is 5. The van der Waals surface area contributed by atoms with Gasteiger partial charge >= 0.3 is 0 Å². The third kappa shape index (κ3) is 6.92. The van der Waals surface area contributed by atoms with E-state index in [0.717, 1.165) is 55.2 Å². The fraction of sp³-hybridized carbons (Fsp3) is 0.567. The Kier molecular flexibility index (Phi) is 10.0. The molecule has 37 heavy (non-hydrogen) atoms. The number of carbonyl (C=O) groups excluding carboxylic acids is 1. The van der Waals surface area contributed by atoms with E-state index in [4.69, 9.17) is 26.8 Å². The summed E-state index contributed by atoms with van der Waals surface area (Å²) in [4.78, 5) is 14.8. The fourth-order valence-corrected chi connectivity index (χ4v) is 6.06. The van der Waals surface area contributed by atoms with Crippen LogP contribution in [0.5, 0.6) is 0 Å². The van der Waals surface area contributed by atoms with Crippen molar-refractivity contribution in [2.45, 2.75) is 76.2 Å².